The van der Waals surface area contributed by atoms with E-state index < -0.39 is 0 Å². The highest BCUT2D eigenvalue weighted by molar-refractivity contribution is 6.29. The first kappa shape index (κ1) is 14.2. The van der Waals surface area contributed by atoms with Gasteiger partial charge in [0.2, 0.25) is 0 Å². The first-order chi connectivity index (χ1) is 10.1. The minimum atomic E-state index is 0.240. The van der Waals surface area contributed by atoms with Crippen molar-refractivity contribution in [2.45, 2.75) is 32.7 Å². The van der Waals surface area contributed by atoms with Crippen LogP contribution in [0.25, 0.3) is 0 Å². The summed E-state index contributed by atoms with van der Waals surface area (Å²) >= 11 is 5.93. The standard InChI is InChI=1S/C17H19ClN2O/c1-11-5-3-6-13-15(7-4-10-21-17(11)13)20-14-8-9-16(18)19-12(14)2/h3,5-6,8-9,15,20H,4,7,10H2,1-2H3. The minimum Gasteiger partial charge on any atom is -0.493 e. The van der Waals surface area contributed by atoms with E-state index in [1.807, 2.05) is 19.1 Å². The van der Waals surface area contributed by atoms with Gasteiger partial charge in [-0.2, -0.15) is 0 Å². The number of hydrogen-bond acceptors (Lipinski definition) is 3. The molecule has 1 N–H and O–H groups in total. The Bertz CT molecular complexity index is 657. The maximum absolute atomic E-state index is 5.93. The molecular weight excluding hydrogens is 284 g/mol. The van der Waals surface area contributed by atoms with Crippen molar-refractivity contribution in [3.05, 3.63) is 52.3 Å². The molecule has 0 saturated carbocycles. The molecule has 0 amide bonds. The first-order valence-corrected chi connectivity index (χ1v) is 7.65. The summed E-state index contributed by atoms with van der Waals surface area (Å²) in [5, 5.41) is 4.13. The van der Waals surface area contributed by atoms with Gasteiger partial charge in [0.25, 0.3) is 0 Å². The molecule has 110 valence electrons. The third kappa shape index (κ3) is 2.98. The lowest BCUT2D eigenvalue weighted by molar-refractivity contribution is 0.314. The number of para-hydroxylation sites is 1. The third-order valence-electron chi connectivity index (χ3n) is 3.88. The number of pyridine rings is 1. The number of aromatic nitrogens is 1. The average Bonchev–Trinajstić information content (AvgIpc) is 2.66. The summed E-state index contributed by atoms with van der Waals surface area (Å²) in [7, 11) is 0. The van der Waals surface area contributed by atoms with Gasteiger partial charge in [-0.3, -0.25) is 0 Å². The summed E-state index contributed by atoms with van der Waals surface area (Å²) in [5.74, 6) is 1.02. The molecule has 1 unspecified atom stereocenters. The first-order valence-electron chi connectivity index (χ1n) is 7.27. The van der Waals surface area contributed by atoms with Crippen LogP contribution in [0.5, 0.6) is 5.75 Å². The van der Waals surface area contributed by atoms with Crippen molar-refractivity contribution in [3.8, 4) is 5.75 Å². The molecule has 0 saturated heterocycles. The van der Waals surface area contributed by atoms with Gasteiger partial charge < -0.3 is 10.1 Å². The number of hydrogen-bond donors (Lipinski definition) is 1. The molecule has 2 aromatic rings. The Morgan fingerprint density at radius 1 is 1.24 bits per heavy atom. The third-order valence-corrected chi connectivity index (χ3v) is 4.09. The van der Waals surface area contributed by atoms with Crippen molar-refractivity contribution in [2.24, 2.45) is 0 Å². The van der Waals surface area contributed by atoms with E-state index in [1.54, 1.807) is 0 Å². The van der Waals surface area contributed by atoms with Crippen molar-refractivity contribution in [1.29, 1.82) is 0 Å². The lowest BCUT2D eigenvalue weighted by atomic mass is 9.99. The summed E-state index contributed by atoms with van der Waals surface area (Å²) in [6, 6.07) is 10.4. The van der Waals surface area contributed by atoms with Crippen LogP contribution < -0.4 is 10.1 Å². The maximum atomic E-state index is 5.93. The zero-order valence-electron chi connectivity index (χ0n) is 12.3. The molecule has 1 aliphatic heterocycles. The molecule has 1 aromatic heterocycles. The average molecular weight is 303 g/mol. The largest absolute Gasteiger partial charge is 0.493 e. The number of benzene rings is 1. The van der Waals surface area contributed by atoms with Crippen molar-refractivity contribution >= 4 is 17.3 Å². The van der Waals surface area contributed by atoms with Crippen LogP contribution in [0.3, 0.4) is 0 Å². The van der Waals surface area contributed by atoms with Crippen LogP contribution in [0, 0.1) is 13.8 Å². The van der Waals surface area contributed by atoms with Crippen LogP contribution >= 0.6 is 11.6 Å². The van der Waals surface area contributed by atoms with E-state index in [0.29, 0.717) is 5.15 Å². The Kier molecular flexibility index (Phi) is 4.02. The smallest absolute Gasteiger partial charge is 0.129 e. The van der Waals surface area contributed by atoms with Crippen molar-refractivity contribution in [3.63, 3.8) is 0 Å². The van der Waals surface area contributed by atoms with Gasteiger partial charge >= 0.3 is 0 Å². The number of ether oxygens (including phenoxy) is 1. The normalized spacial score (nSPS) is 17.6. The van der Waals surface area contributed by atoms with E-state index in [9.17, 15) is 0 Å². The van der Waals surface area contributed by atoms with Crippen LogP contribution in [-0.4, -0.2) is 11.6 Å². The van der Waals surface area contributed by atoms with Crippen molar-refractivity contribution < 1.29 is 4.74 Å². The predicted molar refractivity (Wildman–Crippen MR) is 86.3 cm³/mol. The lowest BCUT2D eigenvalue weighted by Crippen LogP contribution is -2.11. The molecule has 1 aromatic carbocycles. The highest BCUT2D eigenvalue weighted by atomic mass is 35.5. The summed E-state index contributed by atoms with van der Waals surface area (Å²) < 4.78 is 5.92. The monoisotopic (exact) mass is 302 g/mol. The molecular formula is C17H19ClN2O. The van der Waals surface area contributed by atoms with Gasteiger partial charge in [0, 0.05) is 5.56 Å². The zero-order valence-corrected chi connectivity index (χ0v) is 13.1. The summed E-state index contributed by atoms with van der Waals surface area (Å²) in [6.07, 6.45) is 2.07. The number of anilines is 1. The van der Waals surface area contributed by atoms with Gasteiger partial charge in [0.05, 0.1) is 24.0 Å². The minimum absolute atomic E-state index is 0.240. The number of nitrogens with zero attached hydrogens (tertiary/aromatic N) is 1. The highest BCUT2D eigenvalue weighted by Crippen LogP contribution is 2.36. The van der Waals surface area contributed by atoms with Crippen LogP contribution in [0.4, 0.5) is 5.69 Å². The van der Waals surface area contributed by atoms with Crippen molar-refractivity contribution in [1.82, 2.24) is 4.98 Å². The summed E-state index contributed by atoms with van der Waals surface area (Å²) in [6.45, 7) is 4.84. The van der Waals surface area contributed by atoms with Gasteiger partial charge in [-0.25, -0.2) is 4.98 Å². The maximum Gasteiger partial charge on any atom is 0.129 e. The fourth-order valence-corrected chi connectivity index (χ4v) is 2.97. The van der Waals surface area contributed by atoms with Gasteiger partial charge in [-0.1, -0.05) is 29.8 Å². The van der Waals surface area contributed by atoms with Crippen LogP contribution in [-0.2, 0) is 0 Å². The molecule has 3 rings (SSSR count). The predicted octanol–water partition coefficient (Wildman–Crippen LogP) is 4.68. The van der Waals surface area contributed by atoms with Gasteiger partial charge in [-0.05, 0) is 44.4 Å². The molecule has 1 aliphatic rings. The molecule has 2 heterocycles. The van der Waals surface area contributed by atoms with E-state index in [4.69, 9.17) is 16.3 Å². The SMILES string of the molecule is Cc1cccc2c1OCCCC2Nc1ccc(Cl)nc1C. The molecule has 4 heteroatoms. The topological polar surface area (TPSA) is 34.1 Å². The molecule has 0 bridgehead atoms. The Balaban J connectivity index is 1.94. The van der Waals surface area contributed by atoms with Gasteiger partial charge in [0.15, 0.2) is 0 Å². The molecule has 0 spiro atoms. The van der Waals surface area contributed by atoms with Gasteiger partial charge in [-0.15, -0.1) is 0 Å². The number of fused-ring (bicyclic) bond motifs is 1. The Morgan fingerprint density at radius 3 is 2.90 bits per heavy atom. The molecule has 1 atom stereocenters. The molecule has 0 radical (unpaired) electrons. The second kappa shape index (κ2) is 5.94. The second-order valence-corrected chi connectivity index (χ2v) is 5.84. The summed E-state index contributed by atoms with van der Waals surface area (Å²) in [4.78, 5) is 4.31. The molecule has 21 heavy (non-hydrogen) atoms. The number of aryl methyl sites for hydroxylation is 2. The van der Waals surface area contributed by atoms with E-state index in [2.05, 4.69) is 35.4 Å². The summed E-state index contributed by atoms with van der Waals surface area (Å²) in [5.41, 5.74) is 4.36. The van der Waals surface area contributed by atoms with Crippen molar-refractivity contribution in [2.75, 3.05) is 11.9 Å². The fraction of sp³-hybridized carbons (Fsp3) is 0.353. The highest BCUT2D eigenvalue weighted by Gasteiger charge is 2.21. The Labute approximate surface area is 130 Å². The number of halogens is 1. The Hall–Kier alpha value is -1.74. The van der Waals surface area contributed by atoms with Crippen LogP contribution in [0.1, 0.15) is 35.7 Å². The zero-order chi connectivity index (χ0) is 14.8. The van der Waals surface area contributed by atoms with Crippen LogP contribution in [0.2, 0.25) is 5.15 Å². The van der Waals surface area contributed by atoms with E-state index in [1.165, 1.54) is 11.1 Å². The Morgan fingerprint density at radius 2 is 2.10 bits per heavy atom. The van der Waals surface area contributed by atoms with E-state index in [0.717, 1.165) is 36.6 Å². The number of rotatable bonds is 2. The second-order valence-electron chi connectivity index (χ2n) is 5.45. The van der Waals surface area contributed by atoms with Crippen LogP contribution in [0.15, 0.2) is 30.3 Å². The molecule has 0 fully saturated rings. The molecule has 3 nitrogen and oxygen atoms in total. The quantitative estimate of drug-likeness (QED) is 0.818. The molecule has 0 aliphatic carbocycles. The number of nitrogens with one attached hydrogen (secondary N) is 1. The fourth-order valence-electron chi connectivity index (χ4n) is 2.78. The lowest BCUT2D eigenvalue weighted by Gasteiger charge is -2.21. The van der Waals surface area contributed by atoms with Gasteiger partial charge in [0.1, 0.15) is 10.9 Å². The van der Waals surface area contributed by atoms with E-state index in [-0.39, 0.29) is 6.04 Å². The van der Waals surface area contributed by atoms with E-state index >= 15 is 0 Å².